The van der Waals surface area contributed by atoms with Gasteiger partial charge in [0.25, 0.3) is 0 Å². The standard InChI is InChI=1S/C18H11F3O3/c19-12-8-14(21)13(20)7-11(12)16-5-3-10-15(23-16)4-1-9-2-6-17(22)24-18(9)10/h1-2,4,6-8,16H,3,5H2. The van der Waals surface area contributed by atoms with Crippen molar-refractivity contribution in [2.24, 2.45) is 0 Å². The Kier molecular flexibility index (Phi) is 3.33. The van der Waals surface area contributed by atoms with Crippen LogP contribution in [0.15, 0.2) is 45.6 Å². The molecule has 4 rings (SSSR count). The number of benzene rings is 2. The minimum atomic E-state index is -1.24. The van der Waals surface area contributed by atoms with E-state index in [-0.39, 0.29) is 5.56 Å². The molecule has 1 unspecified atom stereocenters. The zero-order valence-corrected chi connectivity index (χ0v) is 12.3. The molecule has 0 bridgehead atoms. The van der Waals surface area contributed by atoms with Crippen LogP contribution in [0.4, 0.5) is 13.2 Å². The van der Waals surface area contributed by atoms with E-state index in [9.17, 15) is 18.0 Å². The Hall–Kier alpha value is -2.76. The lowest BCUT2D eigenvalue weighted by molar-refractivity contribution is 0.171. The normalized spacial score (nSPS) is 16.7. The van der Waals surface area contributed by atoms with Crippen LogP contribution in [0.3, 0.4) is 0 Å². The second-order valence-electron chi connectivity index (χ2n) is 5.65. The minimum absolute atomic E-state index is 0.0332. The van der Waals surface area contributed by atoms with Gasteiger partial charge in [0.15, 0.2) is 11.6 Å². The molecule has 0 fully saturated rings. The molecule has 1 atom stereocenters. The first-order chi connectivity index (χ1) is 11.5. The van der Waals surface area contributed by atoms with Crippen LogP contribution < -0.4 is 10.4 Å². The highest BCUT2D eigenvalue weighted by atomic mass is 19.2. The van der Waals surface area contributed by atoms with Crippen molar-refractivity contribution in [3.05, 3.63) is 75.4 Å². The molecule has 1 aromatic heterocycles. The third kappa shape index (κ3) is 2.35. The molecule has 2 heterocycles. The largest absolute Gasteiger partial charge is 0.485 e. The molecule has 0 aliphatic carbocycles. The Morgan fingerprint density at radius 1 is 0.958 bits per heavy atom. The Labute approximate surface area is 134 Å². The highest BCUT2D eigenvalue weighted by Gasteiger charge is 2.27. The Morgan fingerprint density at radius 3 is 2.54 bits per heavy atom. The molecule has 0 saturated carbocycles. The topological polar surface area (TPSA) is 39.4 Å². The van der Waals surface area contributed by atoms with E-state index in [1.54, 1.807) is 18.2 Å². The van der Waals surface area contributed by atoms with Crippen LogP contribution in [0.1, 0.15) is 23.7 Å². The molecule has 0 saturated heterocycles. The van der Waals surface area contributed by atoms with Gasteiger partial charge in [-0.05, 0) is 37.1 Å². The van der Waals surface area contributed by atoms with Crippen molar-refractivity contribution in [2.75, 3.05) is 0 Å². The Morgan fingerprint density at radius 2 is 1.71 bits per heavy atom. The summed E-state index contributed by atoms with van der Waals surface area (Å²) in [5, 5.41) is 0.759. The van der Waals surface area contributed by atoms with Crippen LogP contribution in [0, 0.1) is 17.5 Å². The van der Waals surface area contributed by atoms with Crippen LogP contribution in [0.5, 0.6) is 5.75 Å². The molecule has 122 valence electrons. The third-order valence-corrected chi connectivity index (χ3v) is 4.16. The van der Waals surface area contributed by atoms with Gasteiger partial charge in [0.1, 0.15) is 23.3 Å². The predicted octanol–water partition coefficient (Wildman–Crippen LogP) is 4.28. The second kappa shape index (κ2) is 5.40. The molecular formula is C18H11F3O3. The van der Waals surface area contributed by atoms with Crippen molar-refractivity contribution in [1.82, 2.24) is 0 Å². The molecule has 0 spiro atoms. The van der Waals surface area contributed by atoms with Crippen molar-refractivity contribution >= 4 is 11.0 Å². The van der Waals surface area contributed by atoms with Gasteiger partial charge >= 0.3 is 5.63 Å². The lowest BCUT2D eigenvalue weighted by Gasteiger charge is -2.27. The van der Waals surface area contributed by atoms with E-state index in [0.29, 0.717) is 35.8 Å². The van der Waals surface area contributed by atoms with Crippen molar-refractivity contribution in [2.45, 2.75) is 18.9 Å². The van der Waals surface area contributed by atoms with Gasteiger partial charge in [-0.25, -0.2) is 18.0 Å². The number of fused-ring (bicyclic) bond motifs is 3. The zero-order valence-electron chi connectivity index (χ0n) is 12.3. The Bertz CT molecular complexity index is 1010. The fourth-order valence-corrected chi connectivity index (χ4v) is 3.01. The maximum absolute atomic E-state index is 14.0. The molecule has 0 radical (unpaired) electrons. The molecule has 0 amide bonds. The van der Waals surface area contributed by atoms with E-state index < -0.39 is 29.2 Å². The molecule has 0 N–H and O–H groups in total. The van der Waals surface area contributed by atoms with Gasteiger partial charge in [0.2, 0.25) is 0 Å². The quantitative estimate of drug-likeness (QED) is 0.493. The molecular weight excluding hydrogens is 321 g/mol. The zero-order chi connectivity index (χ0) is 16.8. The average Bonchev–Trinajstić information content (AvgIpc) is 2.57. The van der Waals surface area contributed by atoms with Gasteiger partial charge in [0.05, 0.1) is 0 Å². The van der Waals surface area contributed by atoms with Gasteiger partial charge in [0, 0.05) is 28.6 Å². The summed E-state index contributed by atoms with van der Waals surface area (Å²) in [6.45, 7) is 0. The van der Waals surface area contributed by atoms with Gasteiger partial charge in [-0.1, -0.05) is 0 Å². The first-order valence-electron chi connectivity index (χ1n) is 7.40. The second-order valence-corrected chi connectivity index (χ2v) is 5.65. The van der Waals surface area contributed by atoms with Gasteiger partial charge < -0.3 is 9.15 Å². The van der Waals surface area contributed by atoms with Gasteiger partial charge in [-0.3, -0.25) is 0 Å². The summed E-state index contributed by atoms with van der Waals surface area (Å²) in [4.78, 5) is 11.4. The van der Waals surface area contributed by atoms with E-state index >= 15 is 0 Å². The summed E-state index contributed by atoms with van der Waals surface area (Å²) in [7, 11) is 0. The van der Waals surface area contributed by atoms with E-state index in [1.165, 1.54) is 6.07 Å². The lowest BCUT2D eigenvalue weighted by atomic mass is 9.95. The van der Waals surface area contributed by atoms with Gasteiger partial charge in [-0.2, -0.15) is 0 Å². The van der Waals surface area contributed by atoms with Crippen molar-refractivity contribution < 1.29 is 22.3 Å². The van der Waals surface area contributed by atoms with Crippen LogP contribution >= 0.6 is 0 Å². The van der Waals surface area contributed by atoms with Crippen LogP contribution in [-0.2, 0) is 6.42 Å². The number of rotatable bonds is 1. The maximum Gasteiger partial charge on any atom is 0.336 e. The van der Waals surface area contributed by atoms with E-state index in [4.69, 9.17) is 9.15 Å². The highest BCUT2D eigenvalue weighted by Crippen LogP contribution is 2.39. The fraction of sp³-hybridized carbons (Fsp3) is 0.167. The van der Waals surface area contributed by atoms with Gasteiger partial charge in [-0.15, -0.1) is 0 Å². The van der Waals surface area contributed by atoms with Crippen LogP contribution in [0.2, 0.25) is 0 Å². The van der Waals surface area contributed by atoms with Crippen molar-refractivity contribution in [3.8, 4) is 5.75 Å². The molecule has 1 aliphatic rings. The van der Waals surface area contributed by atoms with Crippen LogP contribution in [0.25, 0.3) is 11.0 Å². The number of halogens is 3. The van der Waals surface area contributed by atoms with Crippen LogP contribution in [-0.4, -0.2) is 0 Å². The monoisotopic (exact) mass is 332 g/mol. The van der Waals surface area contributed by atoms with E-state index in [1.807, 2.05) is 0 Å². The van der Waals surface area contributed by atoms with E-state index in [0.717, 1.165) is 11.5 Å². The van der Waals surface area contributed by atoms with Crippen molar-refractivity contribution in [1.29, 1.82) is 0 Å². The molecule has 2 aromatic carbocycles. The molecule has 1 aliphatic heterocycles. The molecule has 3 nitrogen and oxygen atoms in total. The molecule has 24 heavy (non-hydrogen) atoms. The SMILES string of the molecule is O=c1ccc2ccc3c(c2o1)CCC(c1cc(F)c(F)cc1F)O3. The minimum Gasteiger partial charge on any atom is -0.485 e. The first kappa shape index (κ1) is 14.8. The Balaban J connectivity index is 1.77. The summed E-state index contributed by atoms with van der Waals surface area (Å²) < 4.78 is 51.4. The summed E-state index contributed by atoms with van der Waals surface area (Å²) >= 11 is 0. The van der Waals surface area contributed by atoms with E-state index in [2.05, 4.69) is 0 Å². The number of hydrogen-bond acceptors (Lipinski definition) is 3. The summed E-state index contributed by atoms with van der Waals surface area (Å²) in [6.07, 6.45) is 0.0793. The third-order valence-electron chi connectivity index (χ3n) is 4.16. The lowest BCUT2D eigenvalue weighted by Crippen LogP contribution is -2.17. The molecule has 3 aromatic rings. The summed E-state index contributed by atoms with van der Waals surface area (Å²) in [5.41, 5.74) is 0.646. The number of aryl methyl sites for hydroxylation is 1. The fourth-order valence-electron chi connectivity index (χ4n) is 3.01. The maximum atomic E-state index is 14.0. The first-order valence-corrected chi connectivity index (χ1v) is 7.40. The van der Waals surface area contributed by atoms with Crippen molar-refractivity contribution in [3.63, 3.8) is 0 Å². The summed E-state index contributed by atoms with van der Waals surface area (Å²) in [6, 6.07) is 7.74. The molecule has 6 heteroatoms. The number of ether oxygens (including phenoxy) is 1. The predicted molar refractivity (Wildman–Crippen MR) is 80.5 cm³/mol. The highest BCUT2D eigenvalue weighted by molar-refractivity contribution is 5.82. The summed E-state index contributed by atoms with van der Waals surface area (Å²) in [5.74, 6) is -2.77. The number of hydrogen-bond donors (Lipinski definition) is 0. The smallest absolute Gasteiger partial charge is 0.336 e. The average molecular weight is 332 g/mol.